The van der Waals surface area contributed by atoms with Gasteiger partial charge in [-0.2, -0.15) is 0 Å². The van der Waals surface area contributed by atoms with Gasteiger partial charge in [-0.05, 0) is 74.1 Å². The first-order valence-corrected chi connectivity index (χ1v) is 11.0. The van der Waals surface area contributed by atoms with Crippen molar-refractivity contribution >= 4 is 45.6 Å². The minimum Gasteiger partial charge on any atom is -0.489 e. The highest BCUT2D eigenvalue weighted by Crippen LogP contribution is 2.32. The maximum Gasteiger partial charge on any atom is 0.264 e. The first kappa shape index (κ1) is 19.8. The van der Waals surface area contributed by atoms with Crippen molar-refractivity contribution in [3.05, 3.63) is 58.8 Å². The SMILES string of the molecule is Cc1cc(OC2CCN(C)C2)ccc1/N=C1/NC(=O)/C(=C/c2c[nH]c3ncccc23)S1. The molecule has 2 aliphatic rings. The number of likely N-dealkylation sites (N-methyl/N-ethyl adjacent to an activating group) is 1. The molecule has 1 amide bonds. The Balaban J connectivity index is 1.33. The molecule has 0 aliphatic carbocycles. The van der Waals surface area contributed by atoms with E-state index < -0.39 is 0 Å². The van der Waals surface area contributed by atoms with E-state index in [-0.39, 0.29) is 12.0 Å². The summed E-state index contributed by atoms with van der Waals surface area (Å²) in [5, 5.41) is 4.41. The molecular formula is C23H23N5O2S. The Morgan fingerprint density at radius 2 is 2.26 bits per heavy atom. The van der Waals surface area contributed by atoms with Crippen LogP contribution in [0.1, 0.15) is 17.5 Å². The van der Waals surface area contributed by atoms with Gasteiger partial charge in [0, 0.05) is 36.4 Å². The van der Waals surface area contributed by atoms with Gasteiger partial charge in [0.1, 0.15) is 17.5 Å². The van der Waals surface area contributed by atoms with E-state index in [4.69, 9.17) is 4.74 Å². The Morgan fingerprint density at radius 1 is 1.35 bits per heavy atom. The van der Waals surface area contributed by atoms with Crippen LogP contribution >= 0.6 is 11.8 Å². The van der Waals surface area contributed by atoms with Gasteiger partial charge >= 0.3 is 0 Å². The Morgan fingerprint density at radius 3 is 3.06 bits per heavy atom. The number of rotatable bonds is 4. The summed E-state index contributed by atoms with van der Waals surface area (Å²) >= 11 is 1.34. The Kier molecular flexibility index (Phi) is 5.25. The van der Waals surface area contributed by atoms with Crippen molar-refractivity contribution in [2.75, 3.05) is 20.1 Å². The summed E-state index contributed by atoms with van der Waals surface area (Å²) < 4.78 is 6.10. The number of thioether (sulfide) groups is 1. The molecule has 0 saturated carbocycles. The van der Waals surface area contributed by atoms with Crippen LogP contribution in [0.5, 0.6) is 5.75 Å². The molecule has 1 unspecified atom stereocenters. The van der Waals surface area contributed by atoms with E-state index in [0.717, 1.165) is 53.1 Å². The van der Waals surface area contributed by atoms with Crippen LogP contribution in [0.3, 0.4) is 0 Å². The monoisotopic (exact) mass is 433 g/mol. The topological polar surface area (TPSA) is 82.6 Å². The van der Waals surface area contributed by atoms with Crippen LogP contribution in [0.4, 0.5) is 5.69 Å². The van der Waals surface area contributed by atoms with Gasteiger partial charge < -0.3 is 19.9 Å². The number of carbonyl (C=O) groups is 1. The summed E-state index contributed by atoms with van der Waals surface area (Å²) in [5.41, 5.74) is 3.55. The number of likely N-dealkylation sites (tertiary alicyclic amines) is 1. The molecule has 0 spiro atoms. The minimum absolute atomic E-state index is 0.148. The number of carbonyl (C=O) groups excluding carboxylic acids is 1. The quantitative estimate of drug-likeness (QED) is 0.611. The van der Waals surface area contributed by atoms with E-state index in [1.54, 1.807) is 6.20 Å². The number of amidine groups is 1. The zero-order chi connectivity index (χ0) is 21.4. The third-order valence-electron chi connectivity index (χ3n) is 5.46. The number of benzene rings is 1. The summed E-state index contributed by atoms with van der Waals surface area (Å²) in [5.74, 6) is 0.711. The zero-order valence-corrected chi connectivity index (χ0v) is 18.2. The van der Waals surface area contributed by atoms with Crippen LogP contribution in [-0.4, -0.2) is 52.2 Å². The Bertz CT molecular complexity index is 1220. The first-order chi connectivity index (χ1) is 15.0. The molecule has 3 aromatic rings. The Hall–Kier alpha value is -3.10. The molecule has 2 aliphatic heterocycles. The Labute approximate surface area is 184 Å². The average Bonchev–Trinajstić information content (AvgIpc) is 3.44. The summed E-state index contributed by atoms with van der Waals surface area (Å²) in [4.78, 5) is 27.4. The van der Waals surface area contributed by atoms with Gasteiger partial charge in [-0.25, -0.2) is 9.98 Å². The maximum atomic E-state index is 12.5. The molecular weight excluding hydrogens is 410 g/mol. The van der Waals surface area contributed by atoms with Crippen LogP contribution in [0, 0.1) is 6.92 Å². The number of ether oxygens (including phenoxy) is 1. The predicted molar refractivity (Wildman–Crippen MR) is 125 cm³/mol. The van der Waals surface area contributed by atoms with Crippen LogP contribution in [0.25, 0.3) is 17.1 Å². The molecule has 1 aromatic carbocycles. The van der Waals surface area contributed by atoms with E-state index in [9.17, 15) is 4.79 Å². The van der Waals surface area contributed by atoms with Gasteiger partial charge in [0.05, 0.1) is 10.6 Å². The molecule has 2 N–H and O–H groups in total. The van der Waals surface area contributed by atoms with Crippen molar-refractivity contribution in [2.24, 2.45) is 4.99 Å². The fraction of sp³-hybridized carbons (Fsp3) is 0.261. The summed E-state index contributed by atoms with van der Waals surface area (Å²) in [6, 6.07) is 9.76. The molecule has 4 heterocycles. The van der Waals surface area contributed by atoms with Crippen LogP contribution in [0.2, 0.25) is 0 Å². The number of nitrogens with zero attached hydrogens (tertiary/aromatic N) is 3. The van der Waals surface area contributed by atoms with Crippen molar-refractivity contribution in [3.8, 4) is 5.75 Å². The number of hydrogen-bond acceptors (Lipinski definition) is 6. The molecule has 0 radical (unpaired) electrons. The van der Waals surface area contributed by atoms with Gasteiger partial charge in [-0.15, -0.1) is 0 Å². The third-order valence-corrected chi connectivity index (χ3v) is 6.37. The second-order valence-electron chi connectivity index (χ2n) is 7.86. The zero-order valence-electron chi connectivity index (χ0n) is 17.4. The number of aryl methyl sites for hydroxylation is 1. The number of aromatic amines is 1. The van der Waals surface area contributed by atoms with E-state index in [1.165, 1.54) is 11.8 Å². The molecule has 2 aromatic heterocycles. The van der Waals surface area contributed by atoms with Crippen molar-refractivity contribution in [3.63, 3.8) is 0 Å². The molecule has 1 atom stereocenters. The normalized spacial score (nSPS) is 22.0. The molecule has 5 rings (SSSR count). The fourth-order valence-electron chi connectivity index (χ4n) is 3.84. The van der Waals surface area contributed by atoms with Gasteiger partial charge in [0.15, 0.2) is 5.17 Å². The number of fused-ring (bicyclic) bond motifs is 1. The largest absolute Gasteiger partial charge is 0.489 e. The molecule has 158 valence electrons. The molecule has 31 heavy (non-hydrogen) atoms. The number of amides is 1. The van der Waals surface area contributed by atoms with Gasteiger partial charge in [-0.3, -0.25) is 4.79 Å². The molecule has 0 bridgehead atoms. The number of aliphatic imine (C=N–C) groups is 1. The minimum atomic E-state index is -0.148. The highest BCUT2D eigenvalue weighted by Gasteiger charge is 2.25. The fourth-order valence-corrected chi connectivity index (χ4v) is 4.66. The van der Waals surface area contributed by atoms with Crippen LogP contribution in [-0.2, 0) is 4.79 Å². The van der Waals surface area contributed by atoms with E-state index in [0.29, 0.717) is 10.1 Å². The second-order valence-corrected chi connectivity index (χ2v) is 8.90. The maximum absolute atomic E-state index is 12.5. The standard InChI is InChI=1S/C23H23N5O2S/c1-14-10-16(30-17-7-9-28(2)13-17)5-6-19(14)26-23-27-22(29)20(31-23)11-15-12-25-21-18(15)4-3-8-24-21/h3-6,8,10-12,17H,7,9,13H2,1-2H3,(H,24,25)(H,26,27,29)/b20-11-. The lowest BCUT2D eigenvalue weighted by Gasteiger charge is -2.14. The lowest BCUT2D eigenvalue weighted by molar-refractivity contribution is -0.115. The number of hydrogen-bond donors (Lipinski definition) is 2. The van der Waals surface area contributed by atoms with Crippen molar-refractivity contribution in [1.29, 1.82) is 0 Å². The second kappa shape index (κ2) is 8.20. The number of H-pyrrole nitrogens is 1. The summed E-state index contributed by atoms with van der Waals surface area (Å²) in [6.07, 6.45) is 6.75. The van der Waals surface area contributed by atoms with Gasteiger partial charge in [0.25, 0.3) is 5.91 Å². The highest BCUT2D eigenvalue weighted by atomic mass is 32.2. The van der Waals surface area contributed by atoms with Gasteiger partial charge in [0.2, 0.25) is 0 Å². The summed E-state index contributed by atoms with van der Waals surface area (Å²) in [6.45, 7) is 4.02. The van der Waals surface area contributed by atoms with E-state index in [1.807, 2.05) is 49.5 Å². The van der Waals surface area contributed by atoms with E-state index >= 15 is 0 Å². The number of nitrogens with one attached hydrogen (secondary N) is 2. The van der Waals surface area contributed by atoms with Crippen LogP contribution in [0.15, 0.2) is 52.6 Å². The number of aromatic nitrogens is 2. The van der Waals surface area contributed by atoms with Crippen molar-refractivity contribution in [2.45, 2.75) is 19.4 Å². The van der Waals surface area contributed by atoms with Crippen molar-refractivity contribution < 1.29 is 9.53 Å². The number of pyridine rings is 1. The van der Waals surface area contributed by atoms with Crippen molar-refractivity contribution in [1.82, 2.24) is 20.2 Å². The third kappa shape index (κ3) is 4.22. The molecule has 2 saturated heterocycles. The molecule has 2 fully saturated rings. The summed E-state index contributed by atoms with van der Waals surface area (Å²) in [7, 11) is 2.11. The average molecular weight is 434 g/mol. The first-order valence-electron chi connectivity index (χ1n) is 10.2. The predicted octanol–water partition coefficient (Wildman–Crippen LogP) is 3.85. The van der Waals surface area contributed by atoms with Crippen LogP contribution < -0.4 is 10.1 Å². The van der Waals surface area contributed by atoms with Gasteiger partial charge in [-0.1, -0.05) is 0 Å². The molecule has 8 heteroatoms. The van der Waals surface area contributed by atoms with E-state index in [2.05, 4.69) is 32.2 Å². The highest BCUT2D eigenvalue weighted by molar-refractivity contribution is 8.18. The molecule has 7 nitrogen and oxygen atoms in total. The smallest absolute Gasteiger partial charge is 0.264 e. The lowest BCUT2D eigenvalue weighted by Crippen LogP contribution is -2.21. The lowest BCUT2D eigenvalue weighted by atomic mass is 10.2.